The monoisotopic (exact) mass is 382 g/mol. The third-order valence-electron chi connectivity index (χ3n) is 4.64. The maximum atomic E-state index is 12.8. The van der Waals surface area contributed by atoms with Crippen molar-refractivity contribution in [2.45, 2.75) is 51.4 Å². The number of amides is 2. The highest BCUT2D eigenvalue weighted by Gasteiger charge is 2.30. The Kier molecular flexibility index (Phi) is 5.67. The summed E-state index contributed by atoms with van der Waals surface area (Å²) >= 11 is 0. The van der Waals surface area contributed by atoms with Crippen LogP contribution in [-0.2, 0) is 19.3 Å². The summed E-state index contributed by atoms with van der Waals surface area (Å²) in [4.78, 5) is 18.2. The summed E-state index contributed by atoms with van der Waals surface area (Å²) in [5.74, 6) is 1.35. The van der Waals surface area contributed by atoms with Gasteiger partial charge < -0.3 is 14.7 Å². The van der Waals surface area contributed by atoms with Gasteiger partial charge in [-0.15, -0.1) is 0 Å². The first kappa shape index (κ1) is 19.2. The molecular weight excluding hydrogens is 361 g/mol. The number of urea groups is 1. The lowest BCUT2D eigenvalue weighted by molar-refractivity contribution is -0.137. The highest BCUT2D eigenvalue weighted by Crippen LogP contribution is 2.35. The Bertz CT molecular complexity index is 787. The summed E-state index contributed by atoms with van der Waals surface area (Å²) in [6.07, 6.45) is -1.18. The van der Waals surface area contributed by atoms with Crippen LogP contribution in [0.15, 0.2) is 28.8 Å². The lowest BCUT2D eigenvalue weighted by atomic mass is 9.85. The minimum atomic E-state index is -4.41. The number of rotatable bonds is 6. The van der Waals surface area contributed by atoms with Gasteiger partial charge in [0.2, 0.25) is 5.89 Å². The first-order valence-electron chi connectivity index (χ1n) is 8.88. The molecule has 0 spiro atoms. The maximum absolute atomic E-state index is 12.8. The van der Waals surface area contributed by atoms with Crippen molar-refractivity contribution in [3.8, 4) is 0 Å². The van der Waals surface area contributed by atoms with E-state index in [1.54, 1.807) is 6.92 Å². The average Bonchev–Trinajstić information content (AvgIpc) is 3.03. The van der Waals surface area contributed by atoms with Crippen LogP contribution in [0.4, 0.5) is 18.0 Å². The van der Waals surface area contributed by atoms with Crippen molar-refractivity contribution in [2.24, 2.45) is 0 Å². The number of alkyl halides is 3. The van der Waals surface area contributed by atoms with Gasteiger partial charge in [0.25, 0.3) is 0 Å². The van der Waals surface area contributed by atoms with Crippen molar-refractivity contribution >= 4 is 6.03 Å². The Labute approximate surface area is 154 Å². The normalized spacial score (nSPS) is 14.7. The summed E-state index contributed by atoms with van der Waals surface area (Å²) in [5.41, 5.74) is -0.363. The molecular formula is C18H21F3N4O2. The molecule has 1 aromatic heterocycles. The summed E-state index contributed by atoms with van der Waals surface area (Å²) in [5, 5.41) is 6.55. The molecule has 0 saturated heterocycles. The molecule has 1 aliphatic carbocycles. The van der Waals surface area contributed by atoms with Crippen molar-refractivity contribution in [3.05, 3.63) is 47.1 Å². The van der Waals surface area contributed by atoms with Crippen molar-refractivity contribution in [3.63, 3.8) is 0 Å². The van der Waals surface area contributed by atoms with Crippen LogP contribution in [0.5, 0.6) is 0 Å². The SMILES string of the molecule is CCN(Cc1noc(C2CCC2)n1)C(=O)NCc1cccc(C(F)(F)F)c1. The molecule has 6 nitrogen and oxygen atoms in total. The number of hydrogen-bond donors (Lipinski definition) is 1. The zero-order chi connectivity index (χ0) is 19.4. The van der Waals surface area contributed by atoms with E-state index in [2.05, 4.69) is 15.5 Å². The molecule has 1 N–H and O–H groups in total. The number of halogens is 3. The van der Waals surface area contributed by atoms with Crippen molar-refractivity contribution in [2.75, 3.05) is 6.54 Å². The number of carbonyl (C=O) groups excluding carboxylic acids is 1. The molecule has 0 bridgehead atoms. The number of benzene rings is 1. The molecule has 2 aromatic rings. The van der Waals surface area contributed by atoms with Crippen LogP contribution >= 0.6 is 0 Å². The van der Waals surface area contributed by atoms with Crippen molar-refractivity contribution in [1.29, 1.82) is 0 Å². The van der Waals surface area contributed by atoms with E-state index in [-0.39, 0.29) is 13.1 Å². The van der Waals surface area contributed by atoms with Gasteiger partial charge in [-0.2, -0.15) is 18.2 Å². The second-order valence-electron chi connectivity index (χ2n) is 6.55. The highest BCUT2D eigenvalue weighted by molar-refractivity contribution is 5.74. The third kappa shape index (κ3) is 4.78. The van der Waals surface area contributed by atoms with Gasteiger partial charge in [-0.1, -0.05) is 23.7 Å². The van der Waals surface area contributed by atoms with Crippen LogP contribution < -0.4 is 5.32 Å². The van der Waals surface area contributed by atoms with E-state index < -0.39 is 17.8 Å². The lowest BCUT2D eigenvalue weighted by Crippen LogP contribution is -2.39. The number of nitrogens with one attached hydrogen (secondary N) is 1. The smallest absolute Gasteiger partial charge is 0.339 e. The maximum Gasteiger partial charge on any atom is 0.416 e. The minimum Gasteiger partial charge on any atom is -0.339 e. The zero-order valence-corrected chi connectivity index (χ0v) is 14.9. The van der Waals surface area contributed by atoms with Gasteiger partial charge in [-0.05, 0) is 37.5 Å². The van der Waals surface area contributed by atoms with Crippen LogP contribution in [0.3, 0.4) is 0 Å². The van der Waals surface area contributed by atoms with Crippen LogP contribution in [0.2, 0.25) is 0 Å². The summed E-state index contributed by atoms with van der Waals surface area (Å²) in [6, 6.07) is 4.49. The molecule has 3 rings (SSSR count). The number of nitrogens with zero attached hydrogens (tertiary/aromatic N) is 3. The summed E-state index contributed by atoms with van der Waals surface area (Å²) in [7, 11) is 0. The Morgan fingerprint density at radius 1 is 1.37 bits per heavy atom. The number of carbonyl (C=O) groups is 1. The zero-order valence-electron chi connectivity index (χ0n) is 14.9. The van der Waals surface area contributed by atoms with E-state index in [4.69, 9.17) is 4.52 Å². The van der Waals surface area contributed by atoms with Crippen molar-refractivity contribution < 1.29 is 22.5 Å². The predicted octanol–water partition coefficient (Wildman–Crippen LogP) is 4.09. The molecule has 1 aliphatic rings. The Morgan fingerprint density at radius 2 is 2.15 bits per heavy atom. The van der Waals surface area contributed by atoms with Crippen LogP contribution in [0.25, 0.3) is 0 Å². The van der Waals surface area contributed by atoms with Gasteiger partial charge in [-0.3, -0.25) is 0 Å². The first-order valence-corrected chi connectivity index (χ1v) is 8.88. The molecule has 146 valence electrons. The molecule has 1 saturated carbocycles. The topological polar surface area (TPSA) is 71.3 Å². The molecule has 9 heteroatoms. The van der Waals surface area contributed by atoms with E-state index >= 15 is 0 Å². The molecule has 0 radical (unpaired) electrons. The Balaban J connectivity index is 1.56. The molecule has 0 unspecified atom stereocenters. The van der Waals surface area contributed by atoms with Gasteiger partial charge in [-0.25, -0.2) is 4.79 Å². The molecule has 0 aliphatic heterocycles. The molecule has 2 amide bonds. The van der Waals surface area contributed by atoms with Crippen LogP contribution in [0, 0.1) is 0 Å². The van der Waals surface area contributed by atoms with Gasteiger partial charge in [0.05, 0.1) is 12.1 Å². The van der Waals surface area contributed by atoms with E-state index in [0.29, 0.717) is 29.7 Å². The summed E-state index contributed by atoms with van der Waals surface area (Å²) in [6.45, 7) is 2.39. The molecule has 1 aromatic carbocycles. The fourth-order valence-corrected chi connectivity index (χ4v) is 2.80. The van der Waals surface area contributed by atoms with E-state index in [9.17, 15) is 18.0 Å². The van der Waals surface area contributed by atoms with E-state index in [1.165, 1.54) is 17.0 Å². The first-order chi connectivity index (χ1) is 12.9. The second-order valence-corrected chi connectivity index (χ2v) is 6.55. The van der Waals surface area contributed by atoms with E-state index in [0.717, 1.165) is 31.4 Å². The van der Waals surface area contributed by atoms with Gasteiger partial charge in [0, 0.05) is 19.0 Å². The standard InChI is InChI=1S/C18H21F3N4O2/c1-2-25(11-15-23-16(27-24-15)13-6-4-7-13)17(26)22-10-12-5-3-8-14(9-12)18(19,20)21/h3,5,8-9,13H,2,4,6-7,10-11H2,1H3,(H,22,26). The third-order valence-corrected chi connectivity index (χ3v) is 4.64. The van der Waals surface area contributed by atoms with Crippen LogP contribution in [0.1, 0.15) is 54.9 Å². The molecule has 1 heterocycles. The predicted molar refractivity (Wildman–Crippen MR) is 90.7 cm³/mol. The van der Waals surface area contributed by atoms with Crippen molar-refractivity contribution in [1.82, 2.24) is 20.4 Å². The quantitative estimate of drug-likeness (QED) is 0.817. The van der Waals surface area contributed by atoms with Gasteiger partial charge >= 0.3 is 12.2 Å². The lowest BCUT2D eigenvalue weighted by Gasteiger charge is -2.21. The fraction of sp³-hybridized carbons (Fsp3) is 0.500. The molecule has 27 heavy (non-hydrogen) atoms. The second kappa shape index (κ2) is 7.98. The Hall–Kier alpha value is -2.58. The van der Waals surface area contributed by atoms with E-state index in [1.807, 2.05) is 0 Å². The number of hydrogen-bond acceptors (Lipinski definition) is 4. The van der Waals surface area contributed by atoms with Gasteiger partial charge in [0.1, 0.15) is 0 Å². The highest BCUT2D eigenvalue weighted by atomic mass is 19.4. The summed E-state index contributed by atoms with van der Waals surface area (Å²) < 4.78 is 43.5. The average molecular weight is 382 g/mol. The number of aromatic nitrogens is 2. The molecule has 1 fully saturated rings. The molecule has 0 atom stereocenters. The van der Waals surface area contributed by atoms with Gasteiger partial charge in [0.15, 0.2) is 5.82 Å². The van der Waals surface area contributed by atoms with Crippen LogP contribution in [-0.4, -0.2) is 27.6 Å². The largest absolute Gasteiger partial charge is 0.416 e. The Morgan fingerprint density at radius 3 is 2.78 bits per heavy atom. The fourth-order valence-electron chi connectivity index (χ4n) is 2.80. The minimum absolute atomic E-state index is 0.00117.